The summed E-state index contributed by atoms with van der Waals surface area (Å²) in [6.07, 6.45) is 2.37. The van der Waals surface area contributed by atoms with Crippen molar-refractivity contribution in [1.82, 2.24) is 0 Å². The van der Waals surface area contributed by atoms with Crippen LogP contribution in [0.25, 0.3) is 5.57 Å². The van der Waals surface area contributed by atoms with Gasteiger partial charge in [-0.15, -0.1) is 0 Å². The van der Waals surface area contributed by atoms with Gasteiger partial charge in [0, 0.05) is 28.0 Å². The van der Waals surface area contributed by atoms with Crippen molar-refractivity contribution in [1.29, 1.82) is 0 Å². The molecule has 0 saturated carbocycles. The summed E-state index contributed by atoms with van der Waals surface area (Å²) in [5.74, 6) is -1.18. The second kappa shape index (κ2) is 7.40. The fraction of sp³-hybridized carbons (Fsp3) is 0.158. The predicted octanol–water partition coefficient (Wildman–Crippen LogP) is 4.02. The number of nitrogens with one attached hydrogen (secondary N) is 2. The largest absolute Gasteiger partial charge is 0.480 e. The van der Waals surface area contributed by atoms with E-state index in [0.717, 1.165) is 11.1 Å². The fourth-order valence-electron chi connectivity index (χ4n) is 2.80. The zero-order valence-corrected chi connectivity index (χ0v) is 14.1. The maximum absolute atomic E-state index is 12.3. The lowest BCUT2D eigenvalue weighted by molar-refractivity contribution is -0.138. The SMILES string of the molecule is O=C(/C=C1\CCC(C(=O)O)Nc2cc(Cl)ccc21)Nc1ccccc1. The van der Waals surface area contributed by atoms with Crippen LogP contribution in [0.15, 0.2) is 54.6 Å². The number of para-hydroxylation sites is 1. The molecule has 1 unspecified atom stereocenters. The summed E-state index contributed by atoms with van der Waals surface area (Å²) >= 11 is 6.03. The minimum Gasteiger partial charge on any atom is -0.480 e. The molecule has 1 atom stereocenters. The molecule has 2 aromatic rings. The third-order valence-corrected chi connectivity index (χ3v) is 4.24. The summed E-state index contributed by atoms with van der Waals surface area (Å²) in [5, 5.41) is 15.6. The van der Waals surface area contributed by atoms with Crippen LogP contribution < -0.4 is 10.6 Å². The van der Waals surface area contributed by atoms with E-state index in [9.17, 15) is 14.7 Å². The summed E-state index contributed by atoms with van der Waals surface area (Å²) in [6.45, 7) is 0. The van der Waals surface area contributed by atoms with Crippen molar-refractivity contribution < 1.29 is 14.7 Å². The average Bonchev–Trinajstić information content (AvgIpc) is 2.75. The smallest absolute Gasteiger partial charge is 0.326 e. The molecule has 1 heterocycles. The van der Waals surface area contributed by atoms with Crippen molar-refractivity contribution in [3.63, 3.8) is 0 Å². The quantitative estimate of drug-likeness (QED) is 0.726. The second-order valence-electron chi connectivity index (χ2n) is 5.79. The number of hydrogen-bond donors (Lipinski definition) is 3. The Labute approximate surface area is 150 Å². The van der Waals surface area contributed by atoms with Crippen LogP contribution in [-0.2, 0) is 9.59 Å². The number of anilines is 2. The van der Waals surface area contributed by atoms with E-state index < -0.39 is 12.0 Å². The summed E-state index contributed by atoms with van der Waals surface area (Å²) in [6, 6.07) is 13.7. The lowest BCUT2D eigenvalue weighted by Gasteiger charge is -2.13. The van der Waals surface area contributed by atoms with Gasteiger partial charge in [-0.3, -0.25) is 4.79 Å². The van der Waals surface area contributed by atoms with Crippen LogP contribution >= 0.6 is 11.6 Å². The molecule has 0 aromatic heterocycles. The number of amides is 1. The van der Waals surface area contributed by atoms with Crippen LogP contribution in [0.2, 0.25) is 5.02 Å². The third kappa shape index (κ3) is 4.19. The highest BCUT2D eigenvalue weighted by Gasteiger charge is 2.24. The monoisotopic (exact) mass is 356 g/mol. The first-order chi connectivity index (χ1) is 12.0. The molecule has 2 aromatic carbocycles. The standard InChI is InChI=1S/C19H17ClN2O3/c20-13-7-8-15-12(6-9-16(19(24)25)22-17(15)11-13)10-18(23)21-14-4-2-1-3-5-14/h1-5,7-8,10-11,16,22H,6,9H2,(H,21,23)(H,24,25)/b12-10+. The van der Waals surface area contributed by atoms with Crippen LogP contribution in [-0.4, -0.2) is 23.0 Å². The van der Waals surface area contributed by atoms with E-state index in [1.807, 2.05) is 18.2 Å². The normalized spacial score (nSPS) is 18.0. The first kappa shape index (κ1) is 17.0. The molecule has 0 bridgehead atoms. The Morgan fingerprint density at radius 3 is 2.68 bits per heavy atom. The van der Waals surface area contributed by atoms with E-state index in [-0.39, 0.29) is 5.91 Å². The molecule has 0 spiro atoms. The molecule has 1 amide bonds. The fourth-order valence-corrected chi connectivity index (χ4v) is 2.98. The number of rotatable bonds is 3. The summed E-state index contributed by atoms with van der Waals surface area (Å²) in [7, 11) is 0. The maximum atomic E-state index is 12.3. The van der Waals surface area contributed by atoms with Gasteiger partial charge in [-0.2, -0.15) is 0 Å². The van der Waals surface area contributed by atoms with Gasteiger partial charge in [0.25, 0.3) is 0 Å². The minimum absolute atomic E-state index is 0.254. The van der Waals surface area contributed by atoms with Crippen molar-refractivity contribution in [2.24, 2.45) is 0 Å². The van der Waals surface area contributed by atoms with Crippen LogP contribution in [0.3, 0.4) is 0 Å². The number of benzene rings is 2. The molecule has 1 aliphatic heterocycles. The molecular formula is C19H17ClN2O3. The minimum atomic E-state index is -0.930. The molecular weight excluding hydrogens is 340 g/mol. The lowest BCUT2D eigenvalue weighted by Crippen LogP contribution is -2.28. The predicted molar refractivity (Wildman–Crippen MR) is 98.8 cm³/mol. The molecule has 0 fully saturated rings. The average molecular weight is 357 g/mol. The third-order valence-electron chi connectivity index (χ3n) is 4.00. The van der Waals surface area contributed by atoms with Crippen LogP contribution in [0.5, 0.6) is 0 Å². The molecule has 0 saturated heterocycles. The van der Waals surface area contributed by atoms with Gasteiger partial charge < -0.3 is 15.7 Å². The highest BCUT2D eigenvalue weighted by atomic mass is 35.5. The van der Waals surface area contributed by atoms with Gasteiger partial charge in [0.2, 0.25) is 5.91 Å². The summed E-state index contributed by atoms with van der Waals surface area (Å²) in [4.78, 5) is 23.7. The number of aliphatic carboxylic acids is 1. The van der Waals surface area contributed by atoms with Crippen LogP contribution in [0.1, 0.15) is 18.4 Å². The number of carboxylic acid groups (broad SMARTS) is 1. The highest BCUT2D eigenvalue weighted by Crippen LogP contribution is 2.34. The van der Waals surface area contributed by atoms with Crippen molar-refractivity contribution in [2.75, 3.05) is 10.6 Å². The van der Waals surface area contributed by atoms with Crippen molar-refractivity contribution in [3.05, 3.63) is 65.2 Å². The Hall–Kier alpha value is -2.79. The Morgan fingerprint density at radius 2 is 1.96 bits per heavy atom. The van der Waals surface area contributed by atoms with Crippen LogP contribution in [0, 0.1) is 0 Å². The Balaban J connectivity index is 1.90. The van der Waals surface area contributed by atoms with Gasteiger partial charge in [0.05, 0.1) is 0 Å². The molecule has 0 radical (unpaired) electrons. The number of allylic oxidation sites excluding steroid dienone is 1. The first-order valence-electron chi connectivity index (χ1n) is 7.89. The number of halogens is 1. The van der Waals surface area contributed by atoms with Gasteiger partial charge in [0.15, 0.2) is 0 Å². The van der Waals surface area contributed by atoms with Gasteiger partial charge in [-0.05, 0) is 42.7 Å². The molecule has 1 aliphatic rings. The van der Waals surface area contributed by atoms with E-state index in [2.05, 4.69) is 10.6 Å². The number of carbonyl (C=O) groups excluding carboxylic acids is 1. The van der Waals surface area contributed by atoms with Crippen molar-refractivity contribution in [3.8, 4) is 0 Å². The molecule has 25 heavy (non-hydrogen) atoms. The van der Waals surface area contributed by atoms with Gasteiger partial charge >= 0.3 is 5.97 Å². The van der Waals surface area contributed by atoms with E-state index in [1.165, 1.54) is 6.08 Å². The molecule has 3 N–H and O–H groups in total. The number of fused-ring (bicyclic) bond motifs is 1. The molecule has 128 valence electrons. The summed E-state index contributed by atoms with van der Waals surface area (Å²) < 4.78 is 0. The number of hydrogen-bond acceptors (Lipinski definition) is 3. The van der Waals surface area contributed by atoms with Gasteiger partial charge in [-0.1, -0.05) is 35.9 Å². The lowest BCUT2D eigenvalue weighted by atomic mass is 9.99. The van der Waals surface area contributed by atoms with Gasteiger partial charge in [0.1, 0.15) is 6.04 Å². The number of carboxylic acids is 1. The van der Waals surface area contributed by atoms with Crippen molar-refractivity contribution >= 4 is 40.4 Å². The maximum Gasteiger partial charge on any atom is 0.326 e. The second-order valence-corrected chi connectivity index (χ2v) is 6.23. The Kier molecular flexibility index (Phi) is 5.05. The molecule has 0 aliphatic carbocycles. The van der Waals surface area contributed by atoms with Crippen molar-refractivity contribution in [2.45, 2.75) is 18.9 Å². The van der Waals surface area contributed by atoms with E-state index >= 15 is 0 Å². The Morgan fingerprint density at radius 1 is 1.20 bits per heavy atom. The van der Waals surface area contributed by atoms with Gasteiger partial charge in [-0.25, -0.2) is 4.79 Å². The van der Waals surface area contributed by atoms with E-state index in [4.69, 9.17) is 11.6 Å². The van der Waals surface area contributed by atoms with E-state index in [0.29, 0.717) is 29.2 Å². The number of carbonyl (C=O) groups is 2. The van der Waals surface area contributed by atoms with Crippen LogP contribution in [0.4, 0.5) is 11.4 Å². The topological polar surface area (TPSA) is 78.4 Å². The Bertz CT molecular complexity index is 834. The summed E-state index contributed by atoms with van der Waals surface area (Å²) in [5.41, 5.74) is 2.89. The zero-order chi connectivity index (χ0) is 17.8. The molecule has 3 rings (SSSR count). The molecule has 5 nitrogen and oxygen atoms in total. The zero-order valence-electron chi connectivity index (χ0n) is 13.3. The highest BCUT2D eigenvalue weighted by molar-refractivity contribution is 6.31. The first-order valence-corrected chi connectivity index (χ1v) is 8.26. The molecule has 6 heteroatoms. The van der Waals surface area contributed by atoms with E-state index in [1.54, 1.807) is 30.3 Å².